The third-order valence-electron chi connectivity index (χ3n) is 3.39. The van der Waals surface area contributed by atoms with E-state index in [4.69, 9.17) is 4.74 Å². The third-order valence-corrected chi connectivity index (χ3v) is 5.77. The number of benzene rings is 1. The highest BCUT2D eigenvalue weighted by molar-refractivity contribution is 7.93. The zero-order valence-corrected chi connectivity index (χ0v) is 11.3. The van der Waals surface area contributed by atoms with E-state index in [9.17, 15) is 13.7 Å². The molecule has 2 atom stereocenters. The number of nitrogens with zero attached hydrogens (tertiary/aromatic N) is 1. The summed E-state index contributed by atoms with van der Waals surface area (Å²) in [5.41, 5.74) is 0. The summed E-state index contributed by atoms with van der Waals surface area (Å²) in [5, 5.41) is 9.48. The van der Waals surface area contributed by atoms with Crippen molar-refractivity contribution in [1.82, 2.24) is 0 Å². The molecule has 0 aliphatic carbocycles. The molecule has 1 fully saturated rings. The molecule has 2 rings (SSSR count). The van der Waals surface area contributed by atoms with Crippen LogP contribution in [0.4, 0.5) is 0 Å². The van der Waals surface area contributed by atoms with Crippen molar-refractivity contribution in [2.45, 2.75) is 28.6 Å². The van der Waals surface area contributed by atoms with Crippen LogP contribution in [0.2, 0.25) is 0 Å². The Hall–Kier alpha value is -1.64. The summed E-state index contributed by atoms with van der Waals surface area (Å²) in [4.78, 5) is 0.147. The zero-order valence-electron chi connectivity index (χ0n) is 10.5. The van der Waals surface area contributed by atoms with Gasteiger partial charge in [-0.2, -0.15) is 5.26 Å². The van der Waals surface area contributed by atoms with Gasteiger partial charge in [-0.25, -0.2) is 8.42 Å². The molecule has 2 unspecified atom stereocenters. The largest absolute Gasteiger partial charge is 0.371 e. The van der Waals surface area contributed by atoms with E-state index in [1.165, 1.54) is 18.2 Å². The Kier molecular flexibility index (Phi) is 3.74. The molecule has 0 radical (unpaired) electrons. The van der Waals surface area contributed by atoms with Gasteiger partial charge in [0.25, 0.3) is 0 Å². The molecule has 1 aromatic rings. The Morgan fingerprint density at radius 3 is 2.68 bits per heavy atom. The average molecular weight is 277 g/mol. The predicted molar refractivity (Wildman–Crippen MR) is 71.1 cm³/mol. The fraction of sp³-hybridized carbons (Fsp3) is 0.357. The Morgan fingerprint density at radius 2 is 2.11 bits per heavy atom. The maximum absolute atomic E-state index is 12.8. The molecule has 1 aliphatic rings. The highest BCUT2D eigenvalue weighted by atomic mass is 32.2. The van der Waals surface area contributed by atoms with Gasteiger partial charge in [-0.1, -0.05) is 24.3 Å². The zero-order chi connectivity index (χ0) is 13.9. The lowest BCUT2D eigenvalue weighted by Crippen LogP contribution is -2.51. The molecule has 0 saturated carbocycles. The van der Waals surface area contributed by atoms with Crippen molar-refractivity contribution >= 4 is 9.84 Å². The predicted octanol–water partition coefficient (Wildman–Crippen LogP) is 2.09. The first kappa shape index (κ1) is 13.8. The molecule has 0 aromatic heterocycles. The molecule has 1 aliphatic heterocycles. The van der Waals surface area contributed by atoms with Gasteiger partial charge < -0.3 is 4.74 Å². The number of sulfone groups is 1. The van der Waals surface area contributed by atoms with Crippen LogP contribution in [0.25, 0.3) is 0 Å². The van der Waals surface area contributed by atoms with Crippen LogP contribution < -0.4 is 0 Å². The maximum Gasteiger partial charge on any atom is 0.200 e. The van der Waals surface area contributed by atoms with Crippen LogP contribution in [0.3, 0.4) is 0 Å². The van der Waals surface area contributed by atoms with Crippen LogP contribution in [-0.2, 0) is 14.6 Å². The van der Waals surface area contributed by atoms with Crippen molar-refractivity contribution in [3.05, 3.63) is 43.0 Å². The number of nitriles is 1. The van der Waals surface area contributed by atoms with Crippen LogP contribution >= 0.6 is 0 Å². The molecule has 1 saturated heterocycles. The van der Waals surface area contributed by atoms with Crippen LogP contribution in [0, 0.1) is 11.3 Å². The molecule has 100 valence electrons. The van der Waals surface area contributed by atoms with Crippen LogP contribution in [-0.4, -0.2) is 25.9 Å². The monoisotopic (exact) mass is 277 g/mol. The van der Waals surface area contributed by atoms with Crippen molar-refractivity contribution < 1.29 is 13.2 Å². The molecule has 19 heavy (non-hydrogen) atoms. The van der Waals surface area contributed by atoms with E-state index in [2.05, 4.69) is 6.58 Å². The van der Waals surface area contributed by atoms with Gasteiger partial charge in [0, 0.05) is 6.61 Å². The van der Waals surface area contributed by atoms with Crippen LogP contribution in [0.1, 0.15) is 12.8 Å². The first-order chi connectivity index (χ1) is 9.08. The summed E-state index contributed by atoms with van der Waals surface area (Å²) in [6, 6.07) is 10.0. The minimum Gasteiger partial charge on any atom is -0.371 e. The van der Waals surface area contributed by atoms with E-state index in [-0.39, 0.29) is 11.3 Å². The van der Waals surface area contributed by atoms with Gasteiger partial charge in [0.15, 0.2) is 14.6 Å². The Balaban J connectivity index is 2.58. The van der Waals surface area contributed by atoms with Crippen molar-refractivity contribution in [1.29, 1.82) is 5.26 Å². The van der Waals surface area contributed by atoms with E-state index < -0.39 is 20.7 Å². The fourth-order valence-electron chi connectivity index (χ4n) is 2.36. The van der Waals surface area contributed by atoms with Crippen LogP contribution in [0.15, 0.2) is 47.9 Å². The van der Waals surface area contributed by atoms with Gasteiger partial charge >= 0.3 is 0 Å². The molecule has 1 aromatic carbocycles. The van der Waals surface area contributed by atoms with Gasteiger partial charge in [-0.3, -0.25) is 0 Å². The Bertz CT molecular complexity index is 603. The van der Waals surface area contributed by atoms with Gasteiger partial charge in [0.2, 0.25) is 0 Å². The van der Waals surface area contributed by atoms with E-state index in [0.717, 1.165) is 0 Å². The summed E-state index contributed by atoms with van der Waals surface area (Å²) < 4.78 is 29.4. The van der Waals surface area contributed by atoms with Crippen LogP contribution in [0.5, 0.6) is 0 Å². The van der Waals surface area contributed by atoms with Gasteiger partial charge in [-0.05, 0) is 25.0 Å². The minimum atomic E-state index is -3.79. The molecule has 0 bridgehead atoms. The van der Waals surface area contributed by atoms with E-state index in [1.54, 1.807) is 18.2 Å². The summed E-state index contributed by atoms with van der Waals surface area (Å²) in [7, 11) is -3.79. The lowest BCUT2D eigenvalue weighted by molar-refractivity contribution is 0.0317. The second kappa shape index (κ2) is 5.16. The summed E-state index contributed by atoms with van der Waals surface area (Å²) in [6.45, 7) is 4.04. The Labute approximate surface area is 113 Å². The number of rotatable bonds is 3. The fourth-order valence-corrected chi connectivity index (χ4v) is 4.30. The summed E-state index contributed by atoms with van der Waals surface area (Å²) in [6.07, 6.45) is 1.42. The summed E-state index contributed by atoms with van der Waals surface area (Å²) in [5.74, 6) is 0. The smallest absolute Gasteiger partial charge is 0.200 e. The first-order valence-electron chi connectivity index (χ1n) is 6.03. The quantitative estimate of drug-likeness (QED) is 0.793. The molecule has 0 spiro atoms. The standard InChI is InChI=1S/C14H15NO3S/c1-2-13-14(11-15,9-6-10-18-13)19(16,17)12-7-4-3-5-8-12/h2-5,7-8,13H,1,6,9-10H2. The van der Waals surface area contributed by atoms with E-state index in [1.807, 2.05) is 6.07 Å². The molecule has 0 amide bonds. The topological polar surface area (TPSA) is 67.2 Å². The van der Waals surface area contributed by atoms with Crippen molar-refractivity contribution in [3.8, 4) is 6.07 Å². The second-order valence-electron chi connectivity index (χ2n) is 4.45. The first-order valence-corrected chi connectivity index (χ1v) is 7.52. The van der Waals surface area contributed by atoms with Crippen molar-refractivity contribution in [2.75, 3.05) is 6.61 Å². The van der Waals surface area contributed by atoms with E-state index in [0.29, 0.717) is 13.0 Å². The average Bonchev–Trinajstić information content (AvgIpc) is 2.47. The SMILES string of the molecule is C=CC1OCCCC1(C#N)S(=O)(=O)c1ccccc1. The van der Waals surface area contributed by atoms with Gasteiger partial charge in [0.05, 0.1) is 11.0 Å². The molecule has 5 heteroatoms. The molecule has 1 heterocycles. The van der Waals surface area contributed by atoms with E-state index >= 15 is 0 Å². The molecular weight excluding hydrogens is 262 g/mol. The highest BCUT2D eigenvalue weighted by Gasteiger charge is 2.52. The van der Waals surface area contributed by atoms with Crippen molar-refractivity contribution in [2.24, 2.45) is 0 Å². The molecule has 0 N–H and O–H groups in total. The summed E-state index contributed by atoms with van der Waals surface area (Å²) >= 11 is 0. The van der Waals surface area contributed by atoms with Crippen molar-refractivity contribution in [3.63, 3.8) is 0 Å². The van der Waals surface area contributed by atoms with Gasteiger partial charge in [-0.15, -0.1) is 6.58 Å². The normalized spacial score (nSPS) is 27.4. The lowest BCUT2D eigenvalue weighted by Gasteiger charge is -2.36. The molecule has 4 nitrogen and oxygen atoms in total. The van der Waals surface area contributed by atoms with Gasteiger partial charge in [0.1, 0.15) is 6.10 Å². The maximum atomic E-state index is 12.8. The number of ether oxygens (including phenoxy) is 1. The third kappa shape index (κ3) is 2.07. The lowest BCUT2D eigenvalue weighted by atomic mass is 9.95. The Morgan fingerprint density at radius 1 is 1.42 bits per heavy atom. The number of hydrogen-bond donors (Lipinski definition) is 0. The number of hydrogen-bond acceptors (Lipinski definition) is 4. The highest BCUT2D eigenvalue weighted by Crippen LogP contribution is 2.37. The second-order valence-corrected chi connectivity index (χ2v) is 6.66. The minimum absolute atomic E-state index is 0.147. The molecular formula is C14H15NO3S.